The van der Waals surface area contributed by atoms with Gasteiger partial charge < -0.3 is 0 Å². The van der Waals surface area contributed by atoms with Gasteiger partial charge in [0.2, 0.25) is 0 Å². The van der Waals surface area contributed by atoms with E-state index >= 15 is 0 Å². The first kappa shape index (κ1) is 34.8. The van der Waals surface area contributed by atoms with Crippen LogP contribution in [-0.4, -0.2) is 9.97 Å². The molecule has 1 aliphatic rings. The summed E-state index contributed by atoms with van der Waals surface area (Å²) in [5.41, 5.74) is 17.4. The monoisotopic (exact) mass is 752 g/mol. The van der Waals surface area contributed by atoms with E-state index in [0.717, 1.165) is 44.6 Å². The average Bonchev–Trinajstić information content (AvgIpc) is 3.55. The van der Waals surface area contributed by atoms with Crippen molar-refractivity contribution >= 4 is 21.5 Å². The largest absolute Gasteiger partial charge is 0.228 e. The molecule has 0 saturated carbocycles. The minimum atomic E-state index is -0.171. The van der Waals surface area contributed by atoms with Crippen molar-refractivity contribution < 1.29 is 0 Å². The molecule has 1 heterocycles. The Bertz CT molecular complexity index is 3220. The van der Waals surface area contributed by atoms with E-state index in [0.29, 0.717) is 5.82 Å². The van der Waals surface area contributed by atoms with E-state index in [-0.39, 0.29) is 5.41 Å². The second kappa shape index (κ2) is 13.9. The van der Waals surface area contributed by atoms with Crippen molar-refractivity contribution in [3.05, 3.63) is 217 Å². The first-order valence-electron chi connectivity index (χ1n) is 20.4. The van der Waals surface area contributed by atoms with E-state index < -0.39 is 0 Å². The highest BCUT2D eigenvalue weighted by Crippen LogP contribution is 2.55. The van der Waals surface area contributed by atoms with Crippen LogP contribution < -0.4 is 0 Å². The van der Waals surface area contributed by atoms with Crippen LogP contribution >= 0.6 is 0 Å². The Morgan fingerprint density at radius 1 is 0.339 bits per heavy atom. The molecule has 0 radical (unpaired) electrons. The third kappa shape index (κ3) is 5.87. The summed E-state index contributed by atoms with van der Waals surface area (Å²) in [5, 5.41) is 4.96. The van der Waals surface area contributed by atoms with Crippen LogP contribution in [0.15, 0.2) is 206 Å². The van der Waals surface area contributed by atoms with Crippen molar-refractivity contribution in [2.45, 2.75) is 19.3 Å². The minimum absolute atomic E-state index is 0.171. The van der Waals surface area contributed by atoms with Crippen molar-refractivity contribution in [3.8, 4) is 78.4 Å². The molecule has 0 N–H and O–H groups in total. The maximum atomic E-state index is 5.30. The fourth-order valence-electron chi connectivity index (χ4n) is 9.43. The van der Waals surface area contributed by atoms with Gasteiger partial charge in [-0.2, -0.15) is 0 Å². The first-order valence-corrected chi connectivity index (χ1v) is 20.4. The number of aromatic nitrogens is 2. The van der Waals surface area contributed by atoms with Crippen LogP contribution in [0.5, 0.6) is 0 Å². The molecule has 2 nitrogen and oxygen atoms in total. The Labute approximate surface area is 345 Å². The Morgan fingerprint density at radius 3 is 1.64 bits per heavy atom. The summed E-state index contributed by atoms with van der Waals surface area (Å²) >= 11 is 0. The van der Waals surface area contributed by atoms with E-state index in [2.05, 4.69) is 214 Å². The number of nitrogens with zero attached hydrogens (tertiary/aromatic N) is 2. The summed E-state index contributed by atoms with van der Waals surface area (Å²) in [6.07, 6.45) is 0. The molecule has 1 aliphatic carbocycles. The molecule has 9 aromatic carbocycles. The highest BCUT2D eigenvalue weighted by Gasteiger charge is 2.38. The fourth-order valence-corrected chi connectivity index (χ4v) is 9.43. The van der Waals surface area contributed by atoms with Crippen molar-refractivity contribution in [2.75, 3.05) is 0 Å². The van der Waals surface area contributed by atoms with Gasteiger partial charge in [0.15, 0.2) is 5.82 Å². The number of rotatable bonds is 6. The zero-order valence-corrected chi connectivity index (χ0v) is 33.0. The van der Waals surface area contributed by atoms with Gasteiger partial charge in [0.25, 0.3) is 0 Å². The second-order valence-electron chi connectivity index (χ2n) is 16.1. The van der Waals surface area contributed by atoms with Crippen molar-refractivity contribution in [1.82, 2.24) is 9.97 Å². The van der Waals surface area contributed by atoms with E-state index in [1.807, 2.05) is 6.07 Å². The molecular weight excluding hydrogens is 713 g/mol. The molecule has 11 rings (SSSR count). The summed E-state index contributed by atoms with van der Waals surface area (Å²) in [7, 11) is 0. The Kier molecular flexibility index (Phi) is 8.20. The molecule has 0 saturated heterocycles. The minimum Gasteiger partial charge on any atom is -0.228 e. The molecule has 278 valence electrons. The molecule has 59 heavy (non-hydrogen) atoms. The third-order valence-electron chi connectivity index (χ3n) is 12.3. The molecule has 0 bridgehead atoms. The molecular formula is C57H40N2. The Balaban J connectivity index is 1.05. The van der Waals surface area contributed by atoms with Gasteiger partial charge in [-0.1, -0.05) is 208 Å². The molecule has 2 heteroatoms. The van der Waals surface area contributed by atoms with Crippen LogP contribution in [-0.2, 0) is 5.41 Å². The Hall–Kier alpha value is -7.42. The van der Waals surface area contributed by atoms with E-state index in [1.54, 1.807) is 0 Å². The summed E-state index contributed by atoms with van der Waals surface area (Å²) in [6, 6.07) is 74.2. The molecule has 0 unspecified atom stereocenters. The van der Waals surface area contributed by atoms with Gasteiger partial charge in [-0.3, -0.25) is 0 Å². The molecule has 0 amide bonds. The zero-order chi connectivity index (χ0) is 39.5. The van der Waals surface area contributed by atoms with Gasteiger partial charge >= 0.3 is 0 Å². The molecule has 10 aromatic rings. The quantitative estimate of drug-likeness (QED) is 0.169. The van der Waals surface area contributed by atoms with Crippen LogP contribution in [0.25, 0.3) is 100.0 Å². The molecule has 0 spiro atoms. The summed E-state index contributed by atoms with van der Waals surface area (Å²) in [5.74, 6) is 0.705. The lowest BCUT2D eigenvalue weighted by Gasteiger charge is -2.25. The third-order valence-corrected chi connectivity index (χ3v) is 12.3. The fraction of sp³-hybridized carbons (Fsp3) is 0.0526. The number of benzene rings is 9. The molecule has 1 aromatic heterocycles. The van der Waals surface area contributed by atoms with Crippen molar-refractivity contribution in [1.29, 1.82) is 0 Å². The standard InChI is InChI=1S/C57H40N2/c1-57(2)51-34-31-40-17-9-10-22-44(40)54(51)50-26-14-25-49(55(50)57)47-32-33-48(46-24-12-11-23-45(46)47)53-36-52(58-56(59-53)41-18-7-4-8-19-41)43-21-13-20-42(35-43)39-29-27-38(28-30-39)37-15-5-3-6-16-37/h3-36H,1-2H3. The maximum Gasteiger partial charge on any atom is 0.160 e. The second-order valence-corrected chi connectivity index (χ2v) is 16.1. The zero-order valence-electron chi connectivity index (χ0n) is 33.0. The summed E-state index contributed by atoms with van der Waals surface area (Å²) in [4.78, 5) is 10.5. The maximum absolute atomic E-state index is 5.30. The normalized spacial score (nSPS) is 12.7. The molecule has 0 atom stereocenters. The van der Waals surface area contributed by atoms with E-state index in [4.69, 9.17) is 9.97 Å². The van der Waals surface area contributed by atoms with Gasteiger partial charge in [-0.05, 0) is 89.3 Å². The molecule has 0 aliphatic heterocycles. The van der Waals surface area contributed by atoms with Gasteiger partial charge in [-0.25, -0.2) is 9.97 Å². The number of fused-ring (bicyclic) bond motifs is 6. The van der Waals surface area contributed by atoms with Crippen LogP contribution in [0.2, 0.25) is 0 Å². The highest BCUT2D eigenvalue weighted by atomic mass is 14.9. The van der Waals surface area contributed by atoms with Gasteiger partial charge in [0.1, 0.15) is 0 Å². The van der Waals surface area contributed by atoms with Crippen LogP contribution in [0.1, 0.15) is 25.0 Å². The predicted octanol–water partition coefficient (Wildman–Crippen LogP) is 15.1. The van der Waals surface area contributed by atoms with E-state index in [1.165, 1.54) is 60.7 Å². The van der Waals surface area contributed by atoms with Crippen molar-refractivity contribution in [2.24, 2.45) is 0 Å². The lowest BCUT2D eigenvalue weighted by Crippen LogP contribution is -2.16. The van der Waals surface area contributed by atoms with Gasteiger partial charge in [-0.15, -0.1) is 0 Å². The van der Waals surface area contributed by atoms with Gasteiger partial charge in [0, 0.05) is 22.1 Å². The number of hydrogen-bond acceptors (Lipinski definition) is 2. The predicted molar refractivity (Wildman–Crippen MR) is 247 cm³/mol. The lowest BCUT2D eigenvalue weighted by molar-refractivity contribution is 0.662. The smallest absolute Gasteiger partial charge is 0.160 e. The summed E-state index contributed by atoms with van der Waals surface area (Å²) < 4.78 is 0. The first-order chi connectivity index (χ1) is 29.0. The SMILES string of the molecule is CC1(C)c2ccc3ccccc3c2-c2cccc(-c3ccc(-c4cc(-c5cccc(-c6ccc(-c7ccccc7)cc6)c5)nc(-c5ccccc5)n4)c4ccccc34)c21. The molecule has 0 fully saturated rings. The highest BCUT2D eigenvalue weighted by molar-refractivity contribution is 6.08. The van der Waals surface area contributed by atoms with Crippen LogP contribution in [0.4, 0.5) is 0 Å². The topological polar surface area (TPSA) is 25.8 Å². The van der Waals surface area contributed by atoms with Crippen molar-refractivity contribution in [3.63, 3.8) is 0 Å². The average molecular weight is 753 g/mol. The number of hydrogen-bond donors (Lipinski definition) is 0. The lowest BCUT2D eigenvalue weighted by atomic mass is 9.78. The Morgan fingerprint density at radius 2 is 0.881 bits per heavy atom. The van der Waals surface area contributed by atoms with Crippen LogP contribution in [0.3, 0.4) is 0 Å². The van der Waals surface area contributed by atoms with E-state index in [9.17, 15) is 0 Å². The van der Waals surface area contributed by atoms with Crippen LogP contribution in [0, 0.1) is 0 Å². The van der Waals surface area contributed by atoms with Gasteiger partial charge in [0.05, 0.1) is 11.4 Å². The summed E-state index contributed by atoms with van der Waals surface area (Å²) in [6.45, 7) is 4.77.